The number of benzene rings is 1. The third kappa shape index (κ3) is 2.02. The zero-order chi connectivity index (χ0) is 13.3. The molecule has 94 valence electrons. The largest absolute Gasteiger partial charge is 0.491 e. The highest BCUT2D eigenvalue weighted by Crippen LogP contribution is 2.27. The number of carboxylic acid groups (broad SMARTS) is 1. The van der Waals surface area contributed by atoms with Crippen LogP contribution in [-0.2, 0) is 0 Å². The van der Waals surface area contributed by atoms with Gasteiger partial charge in [-0.05, 0) is 18.2 Å². The van der Waals surface area contributed by atoms with Crippen LogP contribution in [0.2, 0.25) is 0 Å². The van der Waals surface area contributed by atoms with Crippen LogP contribution in [0.1, 0.15) is 10.5 Å². The lowest BCUT2D eigenvalue weighted by molar-refractivity contribution is 0.0690. The predicted molar refractivity (Wildman–Crippen MR) is 57.5 cm³/mol. The molecule has 0 aliphatic heterocycles. The van der Waals surface area contributed by atoms with Crippen molar-refractivity contribution in [2.45, 2.75) is 0 Å². The number of rotatable bonds is 3. The van der Waals surface area contributed by atoms with Crippen LogP contribution in [0, 0.1) is 11.6 Å². The second-order valence-electron chi connectivity index (χ2n) is 3.45. The molecule has 2 aromatic rings. The average Bonchev–Trinajstić information content (AvgIpc) is 2.77. The summed E-state index contributed by atoms with van der Waals surface area (Å²) >= 11 is 0. The first-order valence-corrected chi connectivity index (χ1v) is 4.85. The van der Waals surface area contributed by atoms with Crippen molar-refractivity contribution in [2.24, 2.45) is 0 Å². The van der Waals surface area contributed by atoms with E-state index in [0.717, 1.165) is 19.2 Å². The minimum Gasteiger partial charge on any atom is -0.491 e. The highest BCUT2D eigenvalue weighted by Gasteiger charge is 2.15. The maximum atomic E-state index is 13.4. The molecule has 0 saturated carbocycles. The fourth-order valence-electron chi connectivity index (χ4n) is 1.48. The number of aromatic amines is 1. The maximum absolute atomic E-state index is 13.4. The van der Waals surface area contributed by atoms with E-state index in [1.807, 2.05) is 0 Å². The summed E-state index contributed by atoms with van der Waals surface area (Å²) in [5.41, 5.74) is 0.0871. The van der Waals surface area contributed by atoms with E-state index in [9.17, 15) is 13.6 Å². The number of carbonyl (C=O) groups is 1. The van der Waals surface area contributed by atoms with Gasteiger partial charge in [-0.2, -0.15) is 5.10 Å². The monoisotopic (exact) mass is 254 g/mol. The van der Waals surface area contributed by atoms with Gasteiger partial charge in [0.15, 0.2) is 17.4 Å². The second-order valence-corrected chi connectivity index (χ2v) is 3.45. The highest BCUT2D eigenvalue weighted by atomic mass is 19.1. The van der Waals surface area contributed by atoms with E-state index in [-0.39, 0.29) is 17.0 Å². The minimum atomic E-state index is -1.21. The number of aromatic nitrogens is 2. The summed E-state index contributed by atoms with van der Waals surface area (Å²) in [6, 6.07) is 3.22. The SMILES string of the molecule is COc1c(F)cc(-c2cc(C(=O)O)[nH]n2)cc1F. The number of aromatic carboxylic acids is 1. The molecule has 0 radical (unpaired) electrons. The van der Waals surface area contributed by atoms with Gasteiger partial charge in [0.25, 0.3) is 0 Å². The fourth-order valence-corrected chi connectivity index (χ4v) is 1.48. The molecule has 0 aliphatic carbocycles. The molecule has 0 spiro atoms. The maximum Gasteiger partial charge on any atom is 0.353 e. The number of H-pyrrole nitrogens is 1. The van der Waals surface area contributed by atoms with Gasteiger partial charge in [0, 0.05) is 5.56 Å². The number of hydrogen-bond acceptors (Lipinski definition) is 3. The van der Waals surface area contributed by atoms with Crippen molar-refractivity contribution in [1.29, 1.82) is 0 Å². The number of halogens is 2. The molecule has 1 aromatic carbocycles. The van der Waals surface area contributed by atoms with Crippen molar-refractivity contribution >= 4 is 5.97 Å². The van der Waals surface area contributed by atoms with Crippen molar-refractivity contribution in [2.75, 3.05) is 7.11 Å². The molecule has 1 heterocycles. The third-order valence-electron chi connectivity index (χ3n) is 2.31. The Morgan fingerprint density at radius 1 is 1.33 bits per heavy atom. The van der Waals surface area contributed by atoms with Gasteiger partial charge in [0.2, 0.25) is 0 Å². The van der Waals surface area contributed by atoms with Crippen LogP contribution in [-0.4, -0.2) is 28.4 Å². The van der Waals surface area contributed by atoms with E-state index in [2.05, 4.69) is 14.9 Å². The van der Waals surface area contributed by atoms with Crippen molar-refractivity contribution in [3.8, 4) is 17.0 Å². The third-order valence-corrected chi connectivity index (χ3v) is 2.31. The molecular formula is C11H8F2N2O3. The molecule has 18 heavy (non-hydrogen) atoms. The second kappa shape index (κ2) is 4.44. The van der Waals surface area contributed by atoms with E-state index in [1.54, 1.807) is 0 Å². The van der Waals surface area contributed by atoms with Gasteiger partial charge in [-0.15, -0.1) is 0 Å². The van der Waals surface area contributed by atoms with Crippen LogP contribution in [0.15, 0.2) is 18.2 Å². The summed E-state index contributed by atoms with van der Waals surface area (Å²) in [5, 5.41) is 14.6. The van der Waals surface area contributed by atoms with Crippen molar-refractivity contribution in [1.82, 2.24) is 10.2 Å². The Morgan fingerprint density at radius 3 is 2.39 bits per heavy atom. The average molecular weight is 254 g/mol. The lowest BCUT2D eigenvalue weighted by Crippen LogP contribution is -1.95. The van der Waals surface area contributed by atoms with Gasteiger partial charge in [-0.3, -0.25) is 5.10 Å². The molecule has 0 fully saturated rings. The first-order valence-electron chi connectivity index (χ1n) is 4.85. The van der Waals surface area contributed by atoms with E-state index in [4.69, 9.17) is 5.11 Å². The van der Waals surface area contributed by atoms with Gasteiger partial charge < -0.3 is 9.84 Å². The van der Waals surface area contributed by atoms with Crippen LogP contribution in [0.3, 0.4) is 0 Å². The van der Waals surface area contributed by atoms with Crippen LogP contribution < -0.4 is 4.74 Å². The topological polar surface area (TPSA) is 75.2 Å². The minimum absolute atomic E-state index is 0.120. The van der Waals surface area contributed by atoms with E-state index < -0.39 is 23.4 Å². The van der Waals surface area contributed by atoms with Crippen molar-refractivity contribution < 1.29 is 23.4 Å². The Kier molecular flexibility index (Phi) is 2.97. The number of methoxy groups -OCH3 is 1. The molecule has 0 bridgehead atoms. The lowest BCUT2D eigenvalue weighted by Gasteiger charge is -2.04. The van der Waals surface area contributed by atoms with Crippen LogP contribution >= 0.6 is 0 Å². The number of nitrogens with one attached hydrogen (secondary N) is 1. The molecule has 7 heteroatoms. The first kappa shape index (κ1) is 12.0. The Balaban J connectivity index is 2.47. The van der Waals surface area contributed by atoms with E-state index in [0.29, 0.717) is 0 Å². The normalized spacial score (nSPS) is 10.4. The summed E-state index contributed by atoms with van der Waals surface area (Å²) in [7, 11) is 1.15. The van der Waals surface area contributed by atoms with Crippen molar-refractivity contribution in [3.05, 3.63) is 35.5 Å². The number of nitrogens with zero attached hydrogens (tertiary/aromatic N) is 1. The molecular weight excluding hydrogens is 246 g/mol. The number of ether oxygens (including phenoxy) is 1. The smallest absolute Gasteiger partial charge is 0.353 e. The number of hydrogen-bond donors (Lipinski definition) is 2. The predicted octanol–water partition coefficient (Wildman–Crippen LogP) is 2.06. The van der Waals surface area contributed by atoms with Crippen LogP contribution in [0.25, 0.3) is 11.3 Å². The molecule has 0 unspecified atom stereocenters. The van der Waals surface area contributed by atoms with Gasteiger partial charge in [0.05, 0.1) is 12.8 Å². The quantitative estimate of drug-likeness (QED) is 0.879. The Morgan fingerprint density at radius 2 is 1.94 bits per heavy atom. The lowest BCUT2D eigenvalue weighted by atomic mass is 10.1. The molecule has 0 amide bonds. The highest BCUT2D eigenvalue weighted by molar-refractivity contribution is 5.86. The zero-order valence-corrected chi connectivity index (χ0v) is 9.20. The standard InChI is InChI=1S/C11H8F2N2O3/c1-18-10-6(12)2-5(3-7(10)13)8-4-9(11(16)17)15-14-8/h2-4H,1H3,(H,14,15)(H,16,17). The van der Waals surface area contributed by atoms with Crippen LogP contribution in [0.5, 0.6) is 5.75 Å². The summed E-state index contributed by atoms with van der Waals surface area (Å²) in [5.74, 6) is -3.46. The van der Waals surface area contributed by atoms with Crippen molar-refractivity contribution in [3.63, 3.8) is 0 Å². The summed E-state index contributed by atoms with van der Waals surface area (Å²) in [4.78, 5) is 10.6. The van der Waals surface area contributed by atoms with Gasteiger partial charge >= 0.3 is 5.97 Å². The molecule has 2 rings (SSSR count). The molecule has 5 nitrogen and oxygen atoms in total. The molecule has 1 aromatic heterocycles. The first-order chi connectivity index (χ1) is 8.52. The summed E-state index contributed by atoms with van der Waals surface area (Å²) in [6.45, 7) is 0. The molecule has 0 saturated heterocycles. The van der Waals surface area contributed by atoms with Gasteiger partial charge in [-0.25, -0.2) is 13.6 Å². The van der Waals surface area contributed by atoms with Gasteiger partial charge in [0.1, 0.15) is 5.69 Å². The fraction of sp³-hybridized carbons (Fsp3) is 0.0909. The zero-order valence-electron chi connectivity index (χ0n) is 9.20. The van der Waals surface area contributed by atoms with Gasteiger partial charge in [-0.1, -0.05) is 0 Å². The van der Waals surface area contributed by atoms with E-state index >= 15 is 0 Å². The number of carboxylic acids is 1. The Hall–Kier alpha value is -2.44. The summed E-state index contributed by atoms with van der Waals surface area (Å²) < 4.78 is 31.4. The Labute approximate surface area is 100 Å². The molecule has 0 atom stereocenters. The molecule has 2 N–H and O–H groups in total. The van der Waals surface area contributed by atoms with Crippen LogP contribution in [0.4, 0.5) is 8.78 Å². The summed E-state index contributed by atoms with van der Waals surface area (Å²) in [6.07, 6.45) is 0. The Bertz CT molecular complexity index is 587. The molecule has 0 aliphatic rings. The van der Waals surface area contributed by atoms with E-state index in [1.165, 1.54) is 6.07 Å².